The molecular formula is C20H23NO5. The number of allylic oxidation sites excluding steroid dienone is 2. The van der Waals surface area contributed by atoms with Crippen LogP contribution in [0.5, 0.6) is 0 Å². The highest BCUT2D eigenvalue weighted by molar-refractivity contribution is 6.15. The molecule has 2 saturated heterocycles. The molecular weight excluding hydrogens is 334 g/mol. The van der Waals surface area contributed by atoms with Crippen LogP contribution >= 0.6 is 0 Å². The van der Waals surface area contributed by atoms with Gasteiger partial charge in [0.25, 0.3) is 5.79 Å². The van der Waals surface area contributed by atoms with E-state index in [-0.39, 0.29) is 5.57 Å². The number of nitrogens with zero attached hydrogens (tertiary/aromatic N) is 1. The number of aryl methyl sites for hydroxylation is 1. The molecule has 1 aromatic carbocycles. The molecule has 2 fully saturated rings. The third kappa shape index (κ3) is 4.14. The van der Waals surface area contributed by atoms with Crippen molar-refractivity contribution in [1.29, 1.82) is 0 Å². The van der Waals surface area contributed by atoms with Crippen LogP contribution in [0.3, 0.4) is 0 Å². The molecule has 0 aliphatic carbocycles. The number of benzene rings is 1. The van der Waals surface area contributed by atoms with Crippen LogP contribution in [-0.4, -0.2) is 48.9 Å². The molecule has 0 saturated carbocycles. The van der Waals surface area contributed by atoms with Crippen molar-refractivity contribution in [3.05, 3.63) is 53.1 Å². The summed E-state index contributed by atoms with van der Waals surface area (Å²) in [4.78, 5) is 26.4. The zero-order valence-electron chi connectivity index (χ0n) is 15.3. The summed E-state index contributed by atoms with van der Waals surface area (Å²) in [7, 11) is 0. The fourth-order valence-electron chi connectivity index (χ4n) is 2.87. The third-order valence-corrected chi connectivity index (χ3v) is 4.22. The molecule has 0 atom stereocenters. The van der Waals surface area contributed by atoms with Crippen LogP contribution in [0.4, 0.5) is 0 Å². The van der Waals surface area contributed by atoms with Gasteiger partial charge in [-0.2, -0.15) is 0 Å². The fraction of sp³-hybridized carbons (Fsp3) is 0.400. The molecule has 3 rings (SSSR count). The monoisotopic (exact) mass is 357 g/mol. The van der Waals surface area contributed by atoms with E-state index in [9.17, 15) is 9.59 Å². The number of esters is 2. The number of carbonyl (C=O) groups is 2. The zero-order chi connectivity index (χ0) is 18.7. The van der Waals surface area contributed by atoms with Crippen molar-refractivity contribution in [3.8, 4) is 0 Å². The standard InChI is InChI=1S/C20H23NO5/c1-14-4-6-15(7-5-14)17(21-10-12-24-13-11-21)9-8-16-18(22)25-20(2,3)26-19(16)23/h4-9H,10-13H2,1-3H3. The van der Waals surface area contributed by atoms with Crippen molar-refractivity contribution in [2.75, 3.05) is 26.3 Å². The first-order valence-corrected chi connectivity index (χ1v) is 8.64. The second kappa shape index (κ2) is 7.33. The Morgan fingerprint density at radius 1 is 1.04 bits per heavy atom. The molecule has 26 heavy (non-hydrogen) atoms. The lowest BCUT2D eigenvalue weighted by Crippen LogP contribution is -2.41. The SMILES string of the molecule is Cc1ccc(C(=CC=C2C(=O)OC(C)(C)OC2=O)N2CCOCC2)cc1. The second-order valence-corrected chi connectivity index (χ2v) is 6.78. The first-order chi connectivity index (χ1) is 12.4. The number of cyclic esters (lactones) is 2. The molecule has 0 aromatic heterocycles. The Morgan fingerprint density at radius 2 is 1.62 bits per heavy atom. The summed E-state index contributed by atoms with van der Waals surface area (Å²) < 4.78 is 15.7. The number of rotatable bonds is 3. The topological polar surface area (TPSA) is 65.1 Å². The van der Waals surface area contributed by atoms with E-state index in [0.29, 0.717) is 13.2 Å². The van der Waals surface area contributed by atoms with E-state index in [0.717, 1.165) is 29.9 Å². The van der Waals surface area contributed by atoms with Crippen molar-refractivity contribution in [3.63, 3.8) is 0 Å². The Morgan fingerprint density at radius 3 is 2.19 bits per heavy atom. The van der Waals surface area contributed by atoms with Gasteiger partial charge in [0, 0.05) is 32.6 Å². The van der Waals surface area contributed by atoms with E-state index in [1.807, 2.05) is 31.2 Å². The first kappa shape index (κ1) is 18.2. The van der Waals surface area contributed by atoms with Crippen LogP contribution in [0, 0.1) is 6.92 Å². The number of hydrogen-bond donors (Lipinski definition) is 0. The van der Waals surface area contributed by atoms with Gasteiger partial charge in [-0.25, -0.2) is 9.59 Å². The minimum absolute atomic E-state index is 0.109. The maximum Gasteiger partial charge on any atom is 0.348 e. The molecule has 0 unspecified atom stereocenters. The van der Waals surface area contributed by atoms with Gasteiger partial charge in [0.1, 0.15) is 5.57 Å². The molecule has 2 aliphatic heterocycles. The third-order valence-electron chi connectivity index (χ3n) is 4.22. The maximum absolute atomic E-state index is 12.1. The van der Waals surface area contributed by atoms with E-state index in [1.54, 1.807) is 6.08 Å². The number of carbonyl (C=O) groups excluding carboxylic acids is 2. The molecule has 2 heterocycles. The van der Waals surface area contributed by atoms with Crippen LogP contribution in [0.1, 0.15) is 25.0 Å². The van der Waals surface area contributed by atoms with Crippen LogP contribution < -0.4 is 0 Å². The Labute approximate surface area is 153 Å². The van der Waals surface area contributed by atoms with Crippen molar-refractivity contribution in [2.45, 2.75) is 26.6 Å². The van der Waals surface area contributed by atoms with Crippen molar-refractivity contribution in [1.82, 2.24) is 4.90 Å². The Hall–Kier alpha value is -2.60. The molecule has 138 valence electrons. The van der Waals surface area contributed by atoms with Crippen molar-refractivity contribution in [2.24, 2.45) is 0 Å². The van der Waals surface area contributed by atoms with Gasteiger partial charge < -0.3 is 19.1 Å². The molecule has 1 aromatic rings. The van der Waals surface area contributed by atoms with Crippen LogP contribution in [0.15, 0.2) is 42.0 Å². The Kier molecular flexibility index (Phi) is 5.13. The van der Waals surface area contributed by atoms with Gasteiger partial charge in [0.15, 0.2) is 0 Å². The fourth-order valence-corrected chi connectivity index (χ4v) is 2.87. The number of hydrogen-bond acceptors (Lipinski definition) is 6. The van der Waals surface area contributed by atoms with E-state index in [4.69, 9.17) is 14.2 Å². The predicted octanol–water partition coefficient (Wildman–Crippen LogP) is 2.43. The van der Waals surface area contributed by atoms with Crippen LogP contribution in [0.2, 0.25) is 0 Å². The smallest absolute Gasteiger partial charge is 0.348 e. The maximum atomic E-state index is 12.1. The van der Waals surface area contributed by atoms with Crippen molar-refractivity contribution < 1.29 is 23.8 Å². The quantitative estimate of drug-likeness (QED) is 0.470. The summed E-state index contributed by atoms with van der Waals surface area (Å²) in [6.07, 6.45) is 3.25. The summed E-state index contributed by atoms with van der Waals surface area (Å²) >= 11 is 0. The molecule has 0 N–H and O–H groups in total. The lowest BCUT2D eigenvalue weighted by molar-refractivity contribution is -0.222. The minimum Gasteiger partial charge on any atom is -0.419 e. The summed E-state index contributed by atoms with van der Waals surface area (Å²) in [5.41, 5.74) is 2.98. The molecule has 0 bridgehead atoms. The van der Waals surface area contributed by atoms with Crippen LogP contribution in [0.25, 0.3) is 5.70 Å². The highest BCUT2D eigenvalue weighted by atomic mass is 16.7. The summed E-state index contributed by atoms with van der Waals surface area (Å²) in [6.45, 7) is 7.84. The average molecular weight is 357 g/mol. The molecule has 6 nitrogen and oxygen atoms in total. The molecule has 6 heteroatoms. The minimum atomic E-state index is -1.24. The van der Waals surface area contributed by atoms with E-state index >= 15 is 0 Å². The van der Waals surface area contributed by atoms with Crippen LogP contribution in [-0.2, 0) is 23.8 Å². The van der Waals surface area contributed by atoms with E-state index in [1.165, 1.54) is 19.9 Å². The van der Waals surface area contributed by atoms with Gasteiger partial charge >= 0.3 is 11.9 Å². The normalized spacial score (nSPS) is 20.5. The summed E-state index contributed by atoms with van der Waals surface area (Å²) in [6, 6.07) is 8.11. The van der Waals surface area contributed by atoms with Gasteiger partial charge in [0.05, 0.1) is 13.2 Å². The van der Waals surface area contributed by atoms with Gasteiger partial charge in [-0.05, 0) is 24.6 Å². The average Bonchev–Trinajstić information content (AvgIpc) is 2.58. The van der Waals surface area contributed by atoms with Crippen molar-refractivity contribution >= 4 is 17.6 Å². The lowest BCUT2D eigenvalue weighted by Gasteiger charge is -2.31. The molecule has 0 spiro atoms. The van der Waals surface area contributed by atoms with E-state index < -0.39 is 17.7 Å². The highest BCUT2D eigenvalue weighted by Gasteiger charge is 2.38. The summed E-state index contributed by atoms with van der Waals surface area (Å²) in [5, 5.41) is 0. The van der Waals surface area contributed by atoms with Gasteiger partial charge in [-0.3, -0.25) is 0 Å². The lowest BCUT2D eigenvalue weighted by atomic mass is 10.1. The first-order valence-electron chi connectivity index (χ1n) is 8.64. The predicted molar refractivity (Wildman–Crippen MR) is 95.9 cm³/mol. The molecule has 2 aliphatic rings. The second-order valence-electron chi connectivity index (χ2n) is 6.78. The largest absolute Gasteiger partial charge is 0.419 e. The van der Waals surface area contributed by atoms with Gasteiger partial charge in [-0.15, -0.1) is 0 Å². The van der Waals surface area contributed by atoms with E-state index in [2.05, 4.69) is 4.90 Å². The number of morpholine rings is 1. The molecule has 0 amide bonds. The Balaban J connectivity index is 1.94. The number of ether oxygens (including phenoxy) is 3. The Bertz CT molecular complexity index is 733. The van der Waals surface area contributed by atoms with Gasteiger partial charge in [0.2, 0.25) is 0 Å². The molecule has 0 radical (unpaired) electrons. The highest BCUT2D eigenvalue weighted by Crippen LogP contribution is 2.25. The van der Waals surface area contributed by atoms with Gasteiger partial charge in [-0.1, -0.05) is 29.8 Å². The zero-order valence-corrected chi connectivity index (χ0v) is 15.3. The summed E-state index contributed by atoms with van der Waals surface area (Å²) in [5.74, 6) is -2.58.